The van der Waals surface area contributed by atoms with Crippen molar-refractivity contribution in [2.24, 2.45) is 0 Å². The van der Waals surface area contributed by atoms with Gasteiger partial charge in [-0.25, -0.2) is 0 Å². The van der Waals surface area contributed by atoms with Crippen LogP contribution >= 0.6 is 11.6 Å². The number of amides is 2. The molecule has 0 saturated carbocycles. The molecule has 0 spiro atoms. The van der Waals surface area contributed by atoms with Crippen LogP contribution in [0.15, 0.2) is 48.5 Å². The predicted octanol–water partition coefficient (Wildman–Crippen LogP) is 3.36. The molecule has 0 saturated heterocycles. The molecule has 0 heterocycles. The molecule has 0 atom stereocenters. The molecule has 0 aliphatic rings. The molecule has 0 aromatic heterocycles. The molecule has 0 unspecified atom stereocenters. The fraction of sp³-hybridized carbons (Fsp3) is 0.263. The summed E-state index contributed by atoms with van der Waals surface area (Å²) in [5.74, 6) is -0.148. The average molecular weight is 345 g/mol. The number of benzene rings is 2. The molecule has 1 N–H and O–H groups in total. The Hall–Kier alpha value is -2.33. The van der Waals surface area contributed by atoms with Gasteiger partial charge in [0, 0.05) is 30.7 Å². The highest BCUT2D eigenvalue weighted by Crippen LogP contribution is 2.26. The lowest BCUT2D eigenvalue weighted by atomic mass is 10.1. The van der Waals surface area contributed by atoms with Crippen molar-refractivity contribution in [2.75, 3.05) is 18.0 Å². The highest BCUT2D eigenvalue weighted by atomic mass is 35.5. The van der Waals surface area contributed by atoms with Gasteiger partial charge >= 0.3 is 0 Å². The van der Waals surface area contributed by atoms with Crippen LogP contribution in [-0.4, -0.2) is 24.9 Å². The van der Waals surface area contributed by atoms with Crippen molar-refractivity contribution < 1.29 is 9.59 Å². The molecule has 0 aliphatic carbocycles. The monoisotopic (exact) mass is 344 g/mol. The van der Waals surface area contributed by atoms with Crippen LogP contribution in [0.3, 0.4) is 0 Å². The van der Waals surface area contributed by atoms with Crippen molar-refractivity contribution in [1.29, 1.82) is 0 Å². The molecule has 2 aromatic rings. The minimum atomic E-state index is -0.0855. The molecule has 4 nitrogen and oxygen atoms in total. The normalized spacial score (nSPS) is 10.3. The average Bonchev–Trinajstić information content (AvgIpc) is 2.55. The number of nitrogens with one attached hydrogen (secondary N) is 1. The lowest BCUT2D eigenvalue weighted by Crippen LogP contribution is -2.38. The first kappa shape index (κ1) is 18.0. The Kier molecular flexibility index (Phi) is 6.38. The second kappa shape index (κ2) is 8.50. The van der Waals surface area contributed by atoms with Crippen LogP contribution in [0.25, 0.3) is 0 Å². The molecular weight excluding hydrogens is 324 g/mol. The molecule has 5 heteroatoms. The summed E-state index contributed by atoms with van der Waals surface area (Å²) < 4.78 is 0. The van der Waals surface area contributed by atoms with E-state index in [1.165, 1.54) is 6.92 Å². The van der Waals surface area contributed by atoms with Crippen LogP contribution in [-0.2, 0) is 16.0 Å². The summed E-state index contributed by atoms with van der Waals surface area (Å²) in [6, 6.07) is 15.0. The number of carbonyl (C=O) groups is 2. The van der Waals surface area contributed by atoms with Gasteiger partial charge < -0.3 is 10.2 Å². The lowest BCUT2D eigenvalue weighted by molar-refractivity contribution is -0.121. The van der Waals surface area contributed by atoms with Crippen LogP contribution < -0.4 is 10.2 Å². The first-order valence-corrected chi connectivity index (χ1v) is 8.20. The second-order valence-electron chi connectivity index (χ2n) is 5.57. The second-order valence-corrected chi connectivity index (χ2v) is 5.97. The van der Waals surface area contributed by atoms with Crippen molar-refractivity contribution >= 4 is 29.1 Å². The van der Waals surface area contributed by atoms with Crippen LogP contribution in [0, 0.1) is 6.92 Å². The Balaban J connectivity index is 1.94. The van der Waals surface area contributed by atoms with E-state index in [2.05, 4.69) is 5.32 Å². The zero-order chi connectivity index (χ0) is 17.5. The van der Waals surface area contributed by atoms with E-state index in [1.54, 1.807) is 11.0 Å². The lowest BCUT2D eigenvalue weighted by Gasteiger charge is -2.23. The minimum Gasteiger partial charge on any atom is -0.354 e. The molecule has 0 bridgehead atoms. The summed E-state index contributed by atoms with van der Waals surface area (Å²) >= 11 is 6.13. The Morgan fingerprint density at radius 2 is 1.79 bits per heavy atom. The maximum Gasteiger partial charge on any atom is 0.224 e. The zero-order valence-electron chi connectivity index (χ0n) is 13.9. The van der Waals surface area contributed by atoms with Gasteiger partial charge in [0.2, 0.25) is 11.8 Å². The van der Waals surface area contributed by atoms with Crippen LogP contribution in [0.4, 0.5) is 5.69 Å². The fourth-order valence-corrected chi connectivity index (χ4v) is 2.66. The highest BCUT2D eigenvalue weighted by molar-refractivity contribution is 6.31. The van der Waals surface area contributed by atoms with E-state index in [-0.39, 0.29) is 11.8 Å². The number of anilines is 1. The summed E-state index contributed by atoms with van der Waals surface area (Å²) in [6.45, 7) is 4.17. The van der Waals surface area contributed by atoms with E-state index in [0.29, 0.717) is 24.5 Å². The van der Waals surface area contributed by atoms with Crippen LogP contribution in [0.1, 0.15) is 18.1 Å². The van der Waals surface area contributed by atoms with E-state index >= 15 is 0 Å². The van der Waals surface area contributed by atoms with Crippen molar-refractivity contribution in [3.8, 4) is 0 Å². The number of nitrogens with zero attached hydrogens (tertiary/aromatic N) is 1. The summed E-state index contributed by atoms with van der Waals surface area (Å²) in [5.41, 5.74) is 2.58. The van der Waals surface area contributed by atoms with Crippen molar-refractivity contribution in [3.05, 3.63) is 64.7 Å². The summed E-state index contributed by atoms with van der Waals surface area (Å²) in [5, 5.41) is 3.47. The van der Waals surface area contributed by atoms with Gasteiger partial charge in [0.1, 0.15) is 0 Å². The first-order chi connectivity index (χ1) is 11.5. The van der Waals surface area contributed by atoms with Crippen molar-refractivity contribution in [3.63, 3.8) is 0 Å². The van der Waals surface area contributed by atoms with Gasteiger partial charge in [-0.1, -0.05) is 48.0 Å². The van der Waals surface area contributed by atoms with Gasteiger partial charge in [-0.05, 0) is 30.2 Å². The third kappa shape index (κ3) is 4.83. The molecule has 2 rings (SSSR count). The van der Waals surface area contributed by atoms with E-state index in [4.69, 9.17) is 11.6 Å². The van der Waals surface area contributed by atoms with E-state index in [0.717, 1.165) is 16.8 Å². The molecule has 2 aromatic carbocycles. The van der Waals surface area contributed by atoms with Gasteiger partial charge in [-0.2, -0.15) is 0 Å². The quantitative estimate of drug-likeness (QED) is 0.873. The SMILES string of the molecule is CC(=O)N(CCNC(=O)Cc1ccccc1)c1cccc(Cl)c1C. The molecule has 24 heavy (non-hydrogen) atoms. The Labute approximate surface area is 147 Å². The number of hydrogen-bond acceptors (Lipinski definition) is 2. The smallest absolute Gasteiger partial charge is 0.224 e. The highest BCUT2D eigenvalue weighted by Gasteiger charge is 2.15. The molecule has 2 amide bonds. The van der Waals surface area contributed by atoms with Gasteiger partial charge in [-0.3, -0.25) is 9.59 Å². The summed E-state index contributed by atoms with van der Waals surface area (Å²) in [7, 11) is 0. The Morgan fingerprint density at radius 3 is 2.46 bits per heavy atom. The van der Waals surface area contributed by atoms with Crippen LogP contribution in [0.2, 0.25) is 5.02 Å². The van der Waals surface area contributed by atoms with Crippen molar-refractivity contribution in [1.82, 2.24) is 5.32 Å². The predicted molar refractivity (Wildman–Crippen MR) is 97.4 cm³/mol. The number of hydrogen-bond donors (Lipinski definition) is 1. The number of rotatable bonds is 6. The molecule has 0 fully saturated rings. The Morgan fingerprint density at radius 1 is 1.08 bits per heavy atom. The minimum absolute atomic E-state index is 0.0625. The summed E-state index contributed by atoms with van der Waals surface area (Å²) in [6.07, 6.45) is 0.330. The molecule has 0 aliphatic heterocycles. The number of carbonyl (C=O) groups excluding carboxylic acids is 2. The van der Waals surface area contributed by atoms with Crippen molar-refractivity contribution in [2.45, 2.75) is 20.3 Å². The molecule has 126 valence electrons. The maximum atomic E-state index is 12.0. The number of halogens is 1. The van der Waals surface area contributed by atoms with Gasteiger partial charge in [0.25, 0.3) is 0 Å². The van der Waals surface area contributed by atoms with Crippen LogP contribution in [0.5, 0.6) is 0 Å². The van der Waals surface area contributed by atoms with E-state index in [9.17, 15) is 9.59 Å². The fourth-order valence-electron chi connectivity index (χ4n) is 2.49. The Bertz CT molecular complexity index is 717. The van der Waals surface area contributed by atoms with Gasteiger partial charge in [-0.15, -0.1) is 0 Å². The van der Waals surface area contributed by atoms with Gasteiger partial charge in [0.15, 0.2) is 0 Å². The third-order valence-corrected chi connectivity index (χ3v) is 4.18. The zero-order valence-corrected chi connectivity index (χ0v) is 14.6. The maximum absolute atomic E-state index is 12.0. The largest absolute Gasteiger partial charge is 0.354 e. The standard InChI is InChI=1S/C19H21ClN2O2/c1-14-17(20)9-6-10-18(14)22(15(2)23)12-11-21-19(24)13-16-7-4-3-5-8-16/h3-10H,11-13H2,1-2H3,(H,21,24). The molecular formula is C19H21ClN2O2. The van der Waals surface area contributed by atoms with Gasteiger partial charge in [0.05, 0.1) is 6.42 Å². The first-order valence-electron chi connectivity index (χ1n) is 7.83. The van der Waals surface area contributed by atoms with E-state index in [1.807, 2.05) is 49.4 Å². The van der Waals surface area contributed by atoms with E-state index < -0.39 is 0 Å². The topological polar surface area (TPSA) is 49.4 Å². The molecule has 0 radical (unpaired) electrons. The summed E-state index contributed by atoms with van der Waals surface area (Å²) in [4.78, 5) is 25.6. The third-order valence-electron chi connectivity index (χ3n) is 3.78.